The van der Waals surface area contributed by atoms with E-state index in [1.54, 1.807) is 0 Å². The Balaban J connectivity index is 0. The van der Waals surface area contributed by atoms with Crippen molar-refractivity contribution in [1.82, 2.24) is 0 Å². The number of rotatable bonds is 7. The number of hydrogen-bond donors (Lipinski definition) is 0. The Kier molecular flexibility index (Phi) is 14.4. The summed E-state index contributed by atoms with van der Waals surface area (Å²) in [4.78, 5) is 20.1. The highest BCUT2D eigenvalue weighted by Gasteiger charge is 1.94. The van der Waals surface area contributed by atoms with E-state index in [0.29, 0.717) is 0 Å². The van der Waals surface area contributed by atoms with E-state index in [9.17, 15) is 9.59 Å². The minimum atomic E-state index is -0.0625. The maximum atomic E-state index is 10.0. The number of unbranched alkanes of at least 4 members (excludes halogenated alkanes) is 4. The predicted octanol–water partition coefficient (Wildman–Crippen LogP) is 3.70. The van der Waals surface area contributed by atoms with Gasteiger partial charge in [0, 0.05) is 0 Å². The highest BCUT2D eigenvalue weighted by molar-refractivity contribution is 5.96. The lowest BCUT2D eigenvalue weighted by Crippen LogP contribution is -1.97. The Bertz CT molecular complexity index is 171. The largest absolute Gasteiger partial charge is 0.300 e. The van der Waals surface area contributed by atoms with Gasteiger partial charge in [0.2, 0.25) is 0 Å². The summed E-state index contributed by atoms with van der Waals surface area (Å²) in [6, 6.07) is 0. The third kappa shape index (κ3) is 24.6. The summed E-state index contributed by atoms with van der Waals surface area (Å²) in [5.74, 6) is -0.125. The maximum absolute atomic E-state index is 10.0. The van der Waals surface area contributed by atoms with E-state index >= 15 is 0 Å². The monoisotopic (exact) mass is 212 g/mol. The number of ketones is 2. The van der Waals surface area contributed by atoms with E-state index < -0.39 is 0 Å². The van der Waals surface area contributed by atoms with Crippen molar-refractivity contribution in [3.63, 3.8) is 0 Å². The van der Waals surface area contributed by atoms with Gasteiger partial charge >= 0.3 is 0 Å². The van der Waals surface area contributed by atoms with Crippen molar-refractivity contribution in [3.05, 3.63) is 12.7 Å². The standard InChI is InChI=1S/C8H16.C5H8O2/c1-3-5-7-8-6-4-2;1-4(6)3-5(2)7/h3H,1,4-8H2,2H3;3H2,1-2H3. The van der Waals surface area contributed by atoms with Crippen LogP contribution in [0, 0.1) is 0 Å². The topological polar surface area (TPSA) is 34.1 Å². The minimum absolute atomic E-state index is 0.0625. The SMILES string of the molecule is C=CCCCCCC.CC(=O)CC(C)=O. The molecule has 2 nitrogen and oxygen atoms in total. The van der Waals surface area contributed by atoms with E-state index in [0.717, 1.165) is 0 Å². The maximum Gasteiger partial charge on any atom is 0.137 e. The molecule has 0 atom stereocenters. The molecule has 0 rings (SSSR count). The lowest BCUT2D eigenvalue weighted by atomic mass is 10.2. The Morgan fingerprint density at radius 1 is 1.07 bits per heavy atom. The van der Waals surface area contributed by atoms with Crippen LogP contribution in [-0.2, 0) is 9.59 Å². The minimum Gasteiger partial charge on any atom is -0.300 e. The van der Waals surface area contributed by atoms with Crippen molar-refractivity contribution in [2.24, 2.45) is 0 Å². The first-order valence-electron chi connectivity index (χ1n) is 5.64. The van der Waals surface area contributed by atoms with Gasteiger partial charge in [-0.2, -0.15) is 0 Å². The molecule has 0 unspecified atom stereocenters. The second-order valence-electron chi connectivity index (χ2n) is 3.72. The molecule has 0 aromatic heterocycles. The Morgan fingerprint density at radius 2 is 1.60 bits per heavy atom. The first-order chi connectivity index (χ1) is 7.04. The fourth-order valence-electron chi connectivity index (χ4n) is 1.07. The fraction of sp³-hybridized carbons (Fsp3) is 0.692. The first kappa shape index (κ1) is 16.5. The van der Waals surface area contributed by atoms with Gasteiger partial charge in [0.25, 0.3) is 0 Å². The summed E-state index contributed by atoms with van der Waals surface area (Å²) in [6.07, 6.45) is 8.69. The van der Waals surface area contributed by atoms with Crippen molar-refractivity contribution in [2.45, 2.75) is 59.3 Å². The number of carbonyl (C=O) groups excluding carboxylic acids is 2. The van der Waals surface area contributed by atoms with Gasteiger partial charge in [0.15, 0.2) is 0 Å². The fourth-order valence-corrected chi connectivity index (χ4v) is 1.07. The highest BCUT2D eigenvalue weighted by Crippen LogP contribution is 2.01. The van der Waals surface area contributed by atoms with Crippen LogP contribution in [0.15, 0.2) is 12.7 Å². The molecule has 0 aromatic carbocycles. The van der Waals surface area contributed by atoms with Crippen LogP contribution in [0.4, 0.5) is 0 Å². The van der Waals surface area contributed by atoms with Gasteiger partial charge in [-0.15, -0.1) is 6.58 Å². The van der Waals surface area contributed by atoms with Crippen LogP contribution in [0.25, 0.3) is 0 Å². The third-order valence-electron chi connectivity index (χ3n) is 1.76. The van der Waals surface area contributed by atoms with Crippen molar-refractivity contribution in [3.8, 4) is 0 Å². The second kappa shape index (κ2) is 13.1. The lowest BCUT2D eigenvalue weighted by molar-refractivity contribution is -0.124. The van der Waals surface area contributed by atoms with Gasteiger partial charge < -0.3 is 0 Å². The van der Waals surface area contributed by atoms with Crippen molar-refractivity contribution in [1.29, 1.82) is 0 Å². The normalized spacial score (nSPS) is 8.73. The summed E-state index contributed by atoms with van der Waals surface area (Å²) in [7, 11) is 0. The van der Waals surface area contributed by atoms with Crippen LogP contribution in [0.2, 0.25) is 0 Å². The predicted molar refractivity (Wildman–Crippen MR) is 64.9 cm³/mol. The molecule has 0 N–H and O–H groups in total. The van der Waals surface area contributed by atoms with E-state index in [4.69, 9.17) is 0 Å². The van der Waals surface area contributed by atoms with Crippen LogP contribution in [-0.4, -0.2) is 11.6 Å². The van der Waals surface area contributed by atoms with Crippen LogP contribution >= 0.6 is 0 Å². The zero-order valence-corrected chi connectivity index (χ0v) is 10.3. The number of allylic oxidation sites excluding steroid dienone is 1. The van der Waals surface area contributed by atoms with Gasteiger partial charge in [-0.05, 0) is 26.7 Å². The Hall–Kier alpha value is -0.920. The molecule has 0 bridgehead atoms. The Labute approximate surface area is 93.8 Å². The quantitative estimate of drug-likeness (QED) is 0.366. The number of carbonyl (C=O) groups is 2. The smallest absolute Gasteiger partial charge is 0.137 e. The average Bonchev–Trinajstić information content (AvgIpc) is 2.11. The molecule has 0 heterocycles. The summed E-state index contributed by atoms with van der Waals surface area (Å²) in [5.41, 5.74) is 0. The van der Waals surface area contributed by atoms with Crippen molar-refractivity contribution < 1.29 is 9.59 Å². The van der Waals surface area contributed by atoms with Crippen LogP contribution in [0.1, 0.15) is 59.3 Å². The number of Topliss-reactive ketones (excluding diaryl/α,β-unsaturated/α-hetero) is 2. The zero-order valence-electron chi connectivity index (χ0n) is 10.3. The zero-order chi connectivity index (χ0) is 12.1. The molecule has 0 aliphatic carbocycles. The Morgan fingerprint density at radius 3 is 1.87 bits per heavy atom. The van der Waals surface area contributed by atoms with Crippen LogP contribution in [0.3, 0.4) is 0 Å². The molecule has 0 aliphatic rings. The molecule has 0 saturated carbocycles. The van der Waals surface area contributed by atoms with Gasteiger partial charge in [0.05, 0.1) is 6.42 Å². The molecule has 88 valence electrons. The van der Waals surface area contributed by atoms with Crippen LogP contribution < -0.4 is 0 Å². The molecule has 0 aromatic rings. The van der Waals surface area contributed by atoms with Gasteiger partial charge in [-0.1, -0.05) is 32.3 Å². The molecule has 0 saturated heterocycles. The molecule has 15 heavy (non-hydrogen) atoms. The van der Waals surface area contributed by atoms with Crippen LogP contribution in [0.5, 0.6) is 0 Å². The summed E-state index contributed by atoms with van der Waals surface area (Å²) in [5, 5.41) is 0. The van der Waals surface area contributed by atoms with Crippen molar-refractivity contribution >= 4 is 11.6 Å². The average molecular weight is 212 g/mol. The van der Waals surface area contributed by atoms with Gasteiger partial charge in [0.1, 0.15) is 11.6 Å². The summed E-state index contributed by atoms with van der Waals surface area (Å²) >= 11 is 0. The summed E-state index contributed by atoms with van der Waals surface area (Å²) < 4.78 is 0. The molecule has 0 spiro atoms. The second-order valence-corrected chi connectivity index (χ2v) is 3.72. The third-order valence-corrected chi connectivity index (χ3v) is 1.76. The lowest BCUT2D eigenvalue weighted by Gasteiger charge is -1.91. The number of hydrogen-bond acceptors (Lipinski definition) is 2. The molecule has 2 heteroatoms. The van der Waals surface area contributed by atoms with E-state index in [-0.39, 0.29) is 18.0 Å². The molecular formula is C13H24O2. The van der Waals surface area contributed by atoms with E-state index in [1.165, 1.54) is 46.0 Å². The van der Waals surface area contributed by atoms with Gasteiger partial charge in [-0.25, -0.2) is 0 Å². The molecule has 0 fully saturated rings. The first-order valence-corrected chi connectivity index (χ1v) is 5.64. The highest BCUT2D eigenvalue weighted by atomic mass is 16.1. The van der Waals surface area contributed by atoms with E-state index in [2.05, 4.69) is 13.5 Å². The molecule has 0 amide bonds. The van der Waals surface area contributed by atoms with Crippen molar-refractivity contribution in [2.75, 3.05) is 0 Å². The van der Waals surface area contributed by atoms with E-state index in [1.807, 2.05) is 6.08 Å². The van der Waals surface area contributed by atoms with Gasteiger partial charge in [-0.3, -0.25) is 9.59 Å². The molecular weight excluding hydrogens is 188 g/mol. The molecule has 0 radical (unpaired) electrons. The molecule has 0 aliphatic heterocycles. The summed E-state index contributed by atoms with van der Waals surface area (Å²) in [6.45, 7) is 8.70.